The summed E-state index contributed by atoms with van der Waals surface area (Å²) in [6.45, 7) is 10.9. The first kappa shape index (κ1) is 21.8. The summed E-state index contributed by atoms with van der Waals surface area (Å²) in [7, 11) is 0. The maximum absolute atomic E-state index is 13.5. The highest BCUT2D eigenvalue weighted by atomic mass is 32.2. The monoisotopic (exact) mass is 449 g/mol. The quantitative estimate of drug-likeness (QED) is 0.516. The van der Waals surface area contributed by atoms with E-state index in [-0.39, 0.29) is 17.6 Å². The second kappa shape index (κ2) is 9.01. The highest BCUT2D eigenvalue weighted by Gasteiger charge is 2.26. The van der Waals surface area contributed by atoms with E-state index in [0.717, 1.165) is 29.5 Å². The van der Waals surface area contributed by atoms with Crippen molar-refractivity contribution in [1.82, 2.24) is 14.5 Å². The number of thioether (sulfide) groups is 1. The van der Waals surface area contributed by atoms with E-state index in [0.29, 0.717) is 49.0 Å². The molecule has 2 aromatic heterocycles. The second-order valence-electron chi connectivity index (χ2n) is 9.05. The van der Waals surface area contributed by atoms with Crippen LogP contribution in [0.4, 0.5) is 0 Å². The minimum atomic E-state index is 0.0655. The molecular formula is C22H31N3O3S2. The minimum absolute atomic E-state index is 0.0655. The molecule has 164 valence electrons. The molecule has 8 heteroatoms. The van der Waals surface area contributed by atoms with Crippen molar-refractivity contribution in [2.24, 2.45) is 11.8 Å². The third-order valence-electron chi connectivity index (χ3n) is 5.85. The van der Waals surface area contributed by atoms with Gasteiger partial charge in [0, 0.05) is 24.5 Å². The fourth-order valence-corrected chi connectivity index (χ4v) is 6.64. The number of amides is 1. The predicted molar refractivity (Wildman–Crippen MR) is 123 cm³/mol. The fraction of sp³-hybridized carbons (Fsp3) is 0.682. The van der Waals surface area contributed by atoms with Crippen molar-refractivity contribution in [1.29, 1.82) is 0 Å². The van der Waals surface area contributed by atoms with Gasteiger partial charge in [-0.2, -0.15) is 0 Å². The molecule has 1 fully saturated rings. The third kappa shape index (κ3) is 4.46. The van der Waals surface area contributed by atoms with Crippen LogP contribution in [0.2, 0.25) is 0 Å². The number of nitrogens with zero attached hydrogens (tertiary/aromatic N) is 3. The Labute approximate surface area is 186 Å². The van der Waals surface area contributed by atoms with Gasteiger partial charge < -0.3 is 9.64 Å². The number of rotatable bonds is 5. The smallest absolute Gasteiger partial charge is 0.263 e. The largest absolute Gasteiger partial charge is 0.375 e. The van der Waals surface area contributed by atoms with Crippen molar-refractivity contribution in [3.05, 3.63) is 20.8 Å². The molecule has 1 aliphatic carbocycles. The predicted octanol–water partition coefficient (Wildman–Crippen LogP) is 3.58. The average molecular weight is 450 g/mol. The van der Waals surface area contributed by atoms with Crippen LogP contribution < -0.4 is 5.56 Å². The van der Waals surface area contributed by atoms with Crippen molar-refractivity contribution in [2.75, 3.05) is 25.4 Å². The van der Waals surface area contributed by atoms with Crippen molar-refractivity contribution >= 4 is 39.2 Å². The molecule has 4 rings (SSSR count). The number of aromatic nitrogens is 2. The first-order valence-corrected chi connectivity index (χ1v) is 12.7. The number of hydrogen-bond donors (Lipinski definition) is 0. The molecular weight excluding hydrogens is 418 g/mol. The van der Waals surface area contributed by atoms with Crippen LogP contribution in [0, 0.1) is 11.8 Å². The molecule has 2 atom stereocenters. The molecule has 0 radical (unpaired) electrons. The first-order chi connectivity index (χ1) is 14.3. The van der Waals surface area contributed by atoms with Crippen LogP contribution in [-0.2, 0) is 28.9 Å². The number of morpholine rings is 1. The molecule has 2 aromatic rings. The Kier molecular flexibility index (Phi) is 6.55. The van der Waals surface area contributed by atoms with E-state index in [1.807, 2.05) is 11.8 Å². The Morgan fingerprint density at radius 3 is 2.90 bits per heavy atom. The molecule has 2 unspecified atom stereocenters. The van der Waals surface area contributed by atoms with Gasteiger partial charge in [0.05, 0.1) is 23.8 Å². The van der Waals surface area contributed by atoms with Crippen LogP contribution in [0.25, 0.3) is 10.2 Å². The number of carbonyl (C=O) groups excluding carboxylic acids is 1. The van der Waals surface area contributed by atoms with E-state index in [2.05, 4.69) is 20.8 Å². The summed E-state index contributed by atoms with van der Waals surface area (Å²) in [5.41, 5.74) is 1.29. The fourth-order valence-electron chi connectivity index (χ4n) is 4.30. The Balaban J connectivity index is 1.64. The average Bonchev–Trinajstić information content (AvgIpc) is 3.05. The highest BCUT2D eigenvalue weighted by molar-refractivity contribution is 7.99. The van der Waals surface area contributed by atoms with Crippen LogP contribution >= 0.6 is 23.1 Å². The molecule has 30 heavy (non-hydrogen) atoms. The van der Waals surface area contributed by atoms with Crippen molar-refractivity contribution in [3.8, 4) is 0 Å². The molecule has 0 spiro atoms. The summed E-state index contributed by atoms with van der Waals surface area (Å²) < 4.78 is 7.34. The van der Waals surface area contributed by atoms with Crippen molar-refractivity contribution < 1.29 is 9.53 Å². The summed E-state index contributed by atoms with van der Waals surface area (Å²) >= 11 is 3.07. The normalized spacial score (nSPS) is 22.0. The molecule has 2 aliphatic rings. The Morgan fingerprint density at radius 2 is 2.17 bits per heavy atom. The first-order valence-electron chi connectivity index (χ1n) is 10.9. The lowest BCUT2D eigenvalue weighted by Crippen LogP contribution is -2.45. The molecule has 1 saturated heterocycles. The summed E-state index contributed by atoms with van der Waals surface area (Å²) in [6, 6.07) is 0. The van der Waals surface area contributed by atoms with Gasteiger partial charge in [0.15, 0.2) is 5.16 Å². The number of hydrogen-bond acceptors (Lipinski definition) is 6. The van der Waals surface area contributed by atoms with E-state index in [9.17, 15) is 9.59 Å². The number of fused-ring (bicyclic) bond motifs is 3. The van der Waals surface area contributed by atoms with Gasteiger partial charge in [-0.15, -0.1) is 11.3 Å². The van der Waals surface area contributed by atoms with Crippen LogP contribution in [0.15, 0.2) is 9.95 Å². The van der Waals surface area contributed by atoms with E-state index in [1.54, 1.807) is 15.9 Å². The molecule has 0 aromatic carbocycles. The van der Waals surface area contributed by atoms with Crippen LogP contribution in [0.5, 0.6) is 0 Å². The SMILES string of the molecule is CC(C)Cn1c(SCC(=O)N2CCOC(C)C2)nc2sc3c(c2c1=O)CCC(C)C3. The minimum Gasteiger partial charge on any atom is -0.375 e. The van der Waals surface area contributed by atoms with Crippen molar-refractivity contribution in [2.45, 2.75) is 64.8 Å². The number of aryl methyl sites for hydroxylation is 1. The summed E-state index contributed by atoms with van der Waals surface area (Å²) in [6.07, 6.45) is 3.21. The molecule has 6 nitrogen and oxygen atoms in total. The standard InChI is InChI=1S/C22H31N3O3S2/c1-13(2)10-25-21(27)19-16-6-5-14(3)9-17(16)30-20(19)23-22(25)29-12-18(26)24-7-8-28-15(4)11-24/h13-15H,5-12H2,1-4H3. The Morgan fingerprint density at radius 1 is 1.37 bits per heavy atom. The molecule has 0 N–H and O–H groups in total. The van der Waals surface area contributed by atoms with Gasteiger partial charge in [-0.05, 0) is 43.6 Å². The van der Waals surface area contributed by atoms with Gasteiger partial charge in [-0.25, -0.2) is 4.98 Å². The van der Waals surface area contributed by atoms with Crippen molar-refractivity contribution in [3.63, 3.8) is 0 Å². The third-order valence-corrected chi connectivity index (χ3v) is 7.96. The zero-order valence-corrected chi connectivity index (χ0v) is 19.9. The lowest BCUT2D eigenvalue weighted by Gasteiger charge is -2.31. The van der Waals surface area contributed by atoms with Gasteiger partial charge in [-0.1, -0.05) is 32.5 Å². The Hall–Kier alpha value is -1.38. The maximum atomic E-state index is 13.5. The van der Waals surface area contributed by atoms with Gasteiger partial charge in [0.2, 0.25) is 5.91 Å². The molecule has 1 amide bonds. The zero-order chi connectivity index (χ0) is 21.4. The van der Waals surface area contributed by atoms with Gasteiger partial charge in [0.25, 0.3) is 5.56 Å². The Bertz CT molecular complexity index is 998. The van der Waals surface area contributed by atoms with E-state index in [1.165, 1.54) is 22.2 Å². The lowest BCUT2D eigenvalue weighted by molar-refractivity contribution is -0.135. The van der Waals surface area contributed by atoms with Gasteiger partial charge >= 0.3 is 0 Å². The van der Waals surface area contributed by atoms with Crippen LogP contribution in [0.3, 0.4) is 0 Å². The van der Waals surface area contributed by atoms with Crippen LogP contribution in [0.1, 0.15) is 44.6 Å². The summed E-state index contributed by atoms with van der Waals surface area (Å²) in [5, 5.41) is 1.49. The topological polar surface area (TPSA) is 64.4 Å². The maximum Gasteiger partial charge on any atom is 0.263 e. The molecule has 0 saturated carbocycles. The lowest BCUT2D eigenvalue weighted by atomic mass is 9.89. The van der Waals surface area contributed by atoms with Crippen LogP contribution in [-0.4, -0.2) is 51.9 Å². The van der Waals surface area contributed by atoms with E-state index >= 15 is 0 Å². The summed E-state index contributed by atoms with van der Waals surface area (Å²) in [5.74, 6) is 1.36. The number of carbonyl (C=O) groups is 1. The molecule has 3 heterocycles. The molecule has 1 aliphatic heterocycles. The number of thiophene rings is 1. The summed E-state index contributed by atoms with van der Waals surface area (Å²) in [4.78, 5) is 35.1. The zero-order valence-electron chi connectivity index (χ0n) is 18.3. The highest BCUT2D eigenvalue weighted by Crippen LogP contribution is 2.36. The molecule has 0 bridgehead atoms. The second-order valence-corrected chi connectivity index (χ2v) is 11.1. The van der Waals surface area contributed by atoms with Gasteiger partial charge in [-0.3, -0.25) is 14.2 Å². The van der Waals surface area contributed by atoms with E-state index in [4.69, 9.17) is 9.72 Å². The van der Waals surface area contributed by atoms with E-state index < -0.39 is 0 Å². The van der Waals surface area contributed by atoms with Gasteiger partial charge in [0.1, 0.15) is 4.83 Å². The number of ether oxygens (including phenoxy) is 1.